The van der Waals surface area contributed by atoms with E-state index >= 15 is 0 Å². The number of aromatic nitrogens is 1. The lowest BCUT2D eigenvalue weighted by atomic mass is 10.0. The highest BCUT2D eigenvalue weighted by atomic mass is 16.6. The Morgan fingerprint density at radius 3 is 2.55 bits per heavy atom. The number of hydrogen-bond acceptors (Lipinski definition) is 4. The van der Waals surface area contributed by atoms with Gasteiger partial charge < -0.3 is 14.5 Å². The first-order valence-electron chi connectivity index (χ1n) is 6.53. The monoisotopic (exact) mass is 282 g/mol. The van der Waals surface area contributed by atoms with Crippen molar-refractivity contribution in [1.82, 2.24) is 4.98 Å². The summed E-state index contributed by atoms with van der Waals surface area (Å²) in [6.45, 7) is 7.23. The fourth-order valence-corrected chi connectivity index (χ4v) is 1.82. The number of hydrogen-bond donors (Lipinski definition) is 2. The standard InChI is InChI=1S/C14H22N2O4/c1-6-9(12(17)19-5)11-10(7-8-15-11)16-13(18)20-14(2,3)4/h7-9,15H,6H2,1-5H3,(H,16,18). The quantitative estimate of drug-likeness (QED) is 0.832. The van der Waals surface area contributed by atoms with E-state index in [0.29, 0.717) is 17.8 Å². The second-order valence-electron chi connectivity index (χ2n) is 5.42. The summed E-state index contributed by atoms with van der Waals surface area (Å²) >= 11 is 0. The number of esters is 1. The largest absolute Gasteiger partial charge is 0.469 e. The molecule has 6 heteroatoms. The van der Waals surface area contributed by atoms with Crippen molar-refractivity contribution in [1.29, 1.82) is 0 Å². The number of carbonyl (C=O) groups excluding carboxylic acids is 2. The zero-order chi connectivity index (χ0) is 15.3. The van der Waals surface area contributed by atoms with Crippen LogP contribution in [0.4, 0.5) is 10.5 Å². The SMILES string of the molecule is CCC(C(=O)OC)c1[nH]ccc1NC(=O)OC(C)(C)C. The molecule has 20 heavy (non-hydrogen) atoms. The molecule has 0 saturated heterocycles. The van der Waals surface area contributed by atoms with Gasteiger partial charge in [-0.25, -0.2) is 4.79 Å². The fourth-order valence-electron chi connectivity index (χ4n) is 1.82. The predicted octanol–water partition coefficient (Wildman–Crippen LogP) is 3.03. The van der Waals surface area contributed by atoms with Gasteiger partial charge in [0.25, 0.3) is 0 Å². The van der Waals surface area contributed by atoms with Crippen LogP contribution in [0.1, 0.15) is 45.7 Å². The number of nitrogens with one attached hydrogen (secondary N) is 2. The first-order chi connectivity index (χ1) is 9.28. The van der Waals surface area contributed by atoms with Crippen LogP contribution in [0.15, 0.2) is 12.3 Å². The Balaban J connectivity index is 2.86. The lowest BCUT2D eigenvalue weighted by molar-refractivity contribution is -0.142. The van der Waals surface area contributed by atoms with E-state index in [2.05, 4.69) is 10.3 Å². The van der Waals surface area contributed by atoms with E-state index in [0.717, 1.165) is 0 Å². The summed E-state index contributed by atoms with van der Waals surface area (Å²) in [6.07, 6.45) is 1.67. The molecule has 0 saturated carbocycles. The van der Waals surface area contributed by atoms with Crippen molar-refractivity contribution >= 4 is 17.7 Å². The molecule has 0 aliphatic heterocycles. The molecule has 0 aromatic carbocycles. The van der Waals surface area contributed by atoms with Crippen molar-refractivity contribution in [3.8, 4) is 0 Å². The number of amides is 1. The predicted molar refractivity (Wildman–Crippen MR) is 75.7 cm³/mol. The maximum atomic E-state index is 11.8. The Labute approximate surface area is 118 Å². The summed E-state index contributed by atoms with van der Waals surface area (Å²) in [7, 11) is 1.34. The number of H-pyrrole nitrogens is 1. The van der Waals surface area contributed by atoms with Gasteiger partial charge in [-0.05, 0) is 33.3 Å². The third kappa shape index (κ3) is 4.29. The second kappa shape index (κ2) is 6.45. The van der Waals surface area contributed by atoms with E-state index in [4.69, 9.17) is 9.47 Å². The van der Waals surface area contributed by atoms with Crippen LogP contribution in [-0.2, 0) is 14.3 Å². The van der Waals surface area contributed by atoms with Gasteiger partial charge in [0.1, 0.15) is 5.60 Å². The van der Waals surface area contributed by atoms with Gasteiger partial charge in [-0.1, -0.05) is 6.92 Å². The maximum absolute atomic E-state index is 11.8. The molecular weight excluding hydrogens is 260 g/mol. The number of carbonyl (C=O) groups is 2. The molecule has 0 spiro atoms. The number of methoxy groups -OCH3 is 1. The molecule has 0 fully saturated rings. The van der Waals surface area contributed by atoms with Crippen molar-refractivity contribution in [3.63, 3.8) is 0 Å². The van der Waals surface area contributed by atoms with E-state index in [1.807, 2.05) is 6.92 Å². The van der Waals surface area contributed by atoms with Crippen LogP contribution in [0.2, 0.25) is 0 Å². The van der Waals surface area contributed by atoms with Crippen LogP contribution >= 0.6 is 0 Å². The van der Waals surface area contributed by atoms with E-state index in [9.17, 15) is 9.59 Å². The molecule has 0 aliphatic rings. The van der Waals surface area contributed by atoms with Crippen molar-refractivity contribution in [2.45, 2.75) is 45.6 Å². The minimum atomic E-state index is -0.576. The first kappa shape index (κ1) is 16.1. The molecule has 2 N–H and O–H groups in total. The summed E-state index contributed by atoms with van der Waals surface area (Å²) in [5.74, 6) is -0.790. The molecule has 0 bridgehead atoms. The van der Waals surface area contributed by atoms with Gasteiger partial charge in [-0.15, -0.1) is 0 Å². The van der Waals surface area contributed by atoms with Crippen molar-refractivity contribution in [2.75, 3.05) is 12.4 Å². The van der Waals surface area contributed by atoms with Crippen LogP contribution in [0.3, 0.4) is 0 Å². The molecule has 1 heterocycles. The molecule has 1 aromatic rings. The average Bonchev–Trinajstić information content (AvgIpc) is 2.75. The van der Waals surface area contributed by atoms with Crippen molar-refractivity contribution < 1.29 is 19.1 Å². The molecule has 1 unspecified atom stereocenters. The van der Waals surface area contributed by atoms with Gasteiger partial charge in [0, 0.05) is 6.20 Å². The number of rotatable bonds is 4. The lowest BCUT2D eigenvalue weighted by Gasteiger charge is -2.20. The molecule has 6 nitrogen and oxygen atoms in total. The summed E-state index contributed by atoms with van der Waals surface area (Å²) < 4.78 is 9.95. The molecule has 1 amide bonds. The van der Waals surface area contributed by atoms with Gasteiger partial charge in [0.15, 0.2) is 0 Å². The second-order valence-corrected chi connectivity index (χ2v) is 5.42. The van der Waals surface area contributed by atoms with Crippen LogP contribution < -0.4 is 5.32 Å². The van der Waals surface area contributed by atoms with Crippen molar-refractivity contribution in [3.05, 3.63) is 18.0 Å². The summed E-state index contributed by atoms with van der Waals surface area (Å²) in [5.41, 5.74) is 0.564. The van der Waals surface area contributed by atoms with Crippen LogP contribution in [0, 0.1) is 0 Å². The lowest BCUT2D eigenvalue weighted by Crippen LogP contribution is -2.27. The zero-order valence-corrected chi connectivity index (χ0v) is 12.6. The van der Waals surface area contributed by atoms with Gasteiger partial charge in [0.2, 0.25) is 0 Å². The molecule has 1 rings (SSSR count). The number of aromatic amines is 1. The topological polar surface area (TPSA) is 80.4 Å². The van der Waals surface area contributed by atoms with Gasteiger partial charge >= 0.3 is 12.1 Å². The van der Waals surface area contributed by atoms with Gasteiger partial charge in [-0.2, -0.15) is 0 Å². The normalized spacial score (nSPS) is 12.7. The molecule has 1 atom stereocenters. The summed E-state index contributed by atoms with van der Waals surface area (Å²) in [4.78, 5) is 26.5. The van der Waals surface area contributed by atoms with E-state index in [1.54, 1.807) is 33.0 Å². The minimum Gasteiger partial charge on any atom is -0.469 e. The third-order valence-corrected chi connectivity index (χ3v) is 2.66. The van der Waals surface area contributed by atoms with E-state index in [-0.39, 0.29) is 5.97 Å². The molecule has 1 aromatic heterocycles. The Bertz CT molecular complexity index is 474. The molecule has 112 valence electrons. The fraction of sp³-hybridized carbons (Fsp3) is 0.571. The highest BCUT2D eigenvalue weighted by Crippen LogP contribution is 2.27. The van der Waals surface area contributed by atoms with E-state index in [1.165, 1.54) is 7.11 Å². The molecule has 0 radical (unpaired) electrons. The van der Waals surface area contributed by atoms with Crippen LogP contribution in [0.5, 0.6) is 0 Å². The highest BCUT2D eigenvalue weighted by molar-refractivity contribution is 5.88. The van der Waals surface area contributed by atoms with Gasteiger partial charge in [-0.3, -0.25) is 10.1 Å². The summed E-state index contributed by atoms with van der Waals surface area (Å²) in [6, 6.07) is 1.69. The van der Waals surface area contributed by atoms with E-state index < -0.39 is 17.6 Å². The van der Waals surface area contributed by atoms with Crippen LogP contribution in [0.25, 0.3) is 0 Å². The Morgan fingerprint density at radius 2 is 2.05 bits per heavy atom. The molecule has 0 aliphatic carbocycles. The minimum absolute atomic E-state index is 0.345. The first-order valence-corrected chi connectivity index (χ1v) is 6.53. The van der Waals surface area contributed by atoms with Crippen molar-refractivity contribution in [2.24, 2.45) is 0 Å². The Morgan fingerprint density at radius 1 is 1.40 bits per heavy atom. The maximum Gasteiger partial charge on any atom is 0.412 e. The Kier molecular flexibility index (Phi) is 5.19. The average molecular weight is 282 g/mol. The number of ether oxygens (including phenoxy) is 2. The van der Waals surface area contributed by atoms with Crippen LogP contribution in [-0.4, -0.2) is 29.8 Å². The molecular formula is C14H22N2O4. The highest BCUT2D eigenvalue weighted by Gasteiger charge is 2.25. The Hall–Kier alpha value is -1.98. The summed E-state index contributed by atoms with van der Waals surface area (Å²) in [5, 5.41) is 2.64. The smallest absolute Gasteiger partial charge is 0.412 e. The zero-order valence-electron chi connectivity index (χ0n) is 12.6. The van der Waals surface area contributed by atoms with Gasteiger partial charge in [0.05, 0.1) is 24.4 Å². The number of anilines is 1. The third-order valence-electron chi connectivity index (χ3n) is 2.66.